The molecule has 0 aliphatic rings. The van der Waals surface area contributed by atoms with E-state index in [9.17, 15) is 9.90 Å². The predicted octanol–water partition coefficient (Wildman–Crippen LogP) is 6.76. The lowest BCUT2D eigenvalue weighted by Crippen LogP contribution is -2.17. The molecule has 0 heterocycles. The molecule has 0 spiro atoms. The first kappa shape index (κ1) is 24.3. The molecule has 0 fully saturated rings. The number of rotatable bonds is 8. The quantitative estimate of drug-likeness (QED) is 0.304. The maximum atomic E-state index is 12.0. The third-order valence-corrected chi connectivity index (χ3v) is 4.83. The van der Waals surface area contributed by atoms with Crippen LogP contribution in [0, 0.1) is 5.92 Å². The highest BCUT2D eigenvalue weighted by Crippen LogP contribution is 2.40. The van der Waals surface area contributed by atoms with Crippen LogP contribution in [0.1, 0.15) is 97.8 Å². The van der Waals surface area contributed by atoms with Gasteiger partial charge in [0.2, 0.25) is 0 Å². The van der Waals surface area contributed by atoms with Crippen molar-refractivity contribution >= 4 is 12.0 Å². The lowest BCUT2D eigenvalue weighted by Gasteiger charge is -2.27. The summed E-state index contributed by atoms with van der Waals surface area (Å²) >= 11 is 0. The SMILES string of the molecule is CC(C)CCCCCOC(=O)C=Cc1cc(C(C)(C)C)c(O)c(C(C)(C)C)c1. The largest absolute Gasteiger partial charge is 0.507 e. The fourth-order valence-corrected chi connectivity index (χ4v) is 3.11. The highest BCUT2D eigenvalue weighted by Gasteiger charge is 2.26. The van der Waals surface area contributed by atoms with Gasteiger partial charge in [-0.1, -0.05) is 74.7 Å². The highest BCUT2D eigenvalue weighted by molar-refractivity contribution is 5.87. The molecule has 1 aromatic carbocycles. The number of esters is 1. The number of benzene rings is 1. The van der Waals surface area contributed by atoms with Crippen LogP contribution < -0.4 is 0 Å². The number of carbonyl (C=O) groups is 1. The molecule has 3 nitrogen and oxygen atoms in total. The van der Waals surface area contributed by atoms with Gasteiger partial charge in [0.1, 0.15) is 5.75 Å². The van der Waals surface area contributed by atoms with Crippen molar-refractivity contribution < 1.29 is 14.6 Å². The molecule has 0 saturated carbocycles. The van der Waals surface area contributed by atoms with Crippen LogP contribution in [-0.4, -0.2) is 17.7 Å². The maximum absolute atomic E-state index is 12.0. The molecule has 28 heavy (non-hydrogen) atoms. The molecular formula is C25H40O3. The number of hydrogen-bond acceptors (Lipinski definition) is 3. The second kappa shape index (κ2) is 10.1. The molecule has 3 heteroatoms. The van der Waals surface area contributed by atoms with Gasteiger partial charge in [-0.3, -0.25) is 0 Å². The number of ether oxygens (including phenoxy) is 1. The molecule has 0 unspecified atom stereocenters. The van der Waals surface area contributed by atoms with Crippen molar-refractivity contribution in [3.63, 3.8) is 0 Å². The van der Waals surface area contributed by atoms with Crippen molar-refractivity contribution in [2.75, 3.05) is 6.61 Å². The summed E-state index contributed by atoms with van der Waals surface area (Å²) in [4.78, 5) is 12.0. The summed E-state index contributed by atoms with van der Waals surface area (Å²) in [5, 5.41) is 10.8. The summed E-state index contributed by atoms with van der Waals surface area (Å²) < 4.78 is 5.31. The van der Waals surface area contributed by atoms with Crippen LogP contribution in [-0.2, 0) is 20.4 Å². The van der Waals surface area contributed by atoms with Gasteiger partial charge in [-0.2, -0.15) is 0 Å². The zero-order chi connectivity index (χ0) is 21.5. The van der Waals surface area contributed by atoms with Crippen LogP contribution in [0.2, 0.25) is 0 Å². The van der Waals surface area contributed by atoms with Gasteiger partial charge in [0.15, 0.2) is 0 Å². The normalized spacial score (nSPS) is 12.8. The van der Waals surface area contributed by atoms with Gasteiger partial charge in [0.05, 0.1) is 6.61 Å². The molecular weight excluding hydrogens is 348 g/mol. The third kappa shape index (κ3) is 8.08. The Labute approximate surface area is 172 Å². The number of unbranched alkanes of at least 4 members (excludes halogenated alkanes) is 2. The minimum atomic E-state index is -0.313. The van der Waals surface area contributed by atoms with Crippen molar-refractivity contribution in [3.8, 4) is 5.75 Å². The van der Waals surface area contributed by atoms with Crippen LogP contribution in [0.4, 0.5) is 0 Å². The fraction of sp³-hybridized carbons (Fsp3) is 0.640. The number of phenolic OH excluding ortho intramolecular Hbond substituents is 1. The molecule has 0 amide bonds. The summed E-state index contributed by atoms with van der Waals surface area (Å²) in [5.74, 6) is 0.763. The molecule has 0 saturated heterocycles. The Balaban J connectivity index is 2.81. The minimum Gasteiger partial charge on any atom is -0.507 e. The molecule has 158 valence electrons. The Bertz CT molecular complexity index is 635. The zero-order valence-electron chi connectivity index (χ0n) is 19.2. The summed E-state index contributed by atoms with van der Waals surface area (Å²) in [5.41, 5.74) is 2.30. The van der Waals surface area contributed by atoms with E-state index in [0.717, 1.165) is 35.4 Å². The van der Waals surface area contributed by atoms with E-state index in [1.807, 2.05) is 12.1 Å². The van der Waals surface area contributed by atoms with Gasteiger partial charge in [-0.15, -0.1) is 0 Å². The number of phenols is 1. The van der Waals surface area contributed by atoms with Crippen molar-refractivity contribution in [1.82, 2.24) is 0 Å². The van der Waals surface area contributed by atoms with Crippen LogP contribution in [0.3, 0.4) is 0 Å². The first-order chi connectivity index (χ1) is 12.8. The summed E-state index contributed by atoms with van der Waals surface area (Å²) in [6.45, 7) is 17.4. The van der Waals surface area contributed by atoms with Gasteiger partial charge >= 0.3 is 5.97 Å². The van der Waals surface area contributed by atoms with Crippen LogP contribution in [0.15, 0.2) is 18.2 Å². The van der Waals surface area contributed by atoms with E-state index in [1.54, 1.807) is 6.08 Å². The number of hydrogen-bond donors (Lipinski definition) is 1. The average Bonchev–Trinajstić information content (AvgIpc) is 2.54. The van der Waals surface area contributed by atoms with Gasteiger partial charge < -0.3 is 9.84 Å². The van der Waals surface area contributed by atoms with E-state index in [4.69, 9.17) is 4.74 Å². The first-order valence-electron chi connectivity index (χ1n) is 10.5. The highest BCUT2D eigenvalue weighted by atomic mass is 16.5. The molecule has 0 radical (unpaired) electrons. The van der Waals surface area contributed by atoms with Crippen molar-refractivity contribution in [2.45, 2.75) is 91.9 Å². The molecule has 1 N–H and O–H groups in total. The molecule has 0 aliphatic carbocycles. The van der Waals surface area contributed by atoms with Gasteiger partial charge in [0.25, 0.3) is 0 Å². The summed E-state index contributed by atoms with van der Waals surface area (Å²) in [6, 6.07) is 3.92. The second-order valence-electron chi connectivity index (χ2n) is 10.2. The Morgan fingerprint density at radius 2 is 1.54 bits per heavy atom. The summed E-state index contributed by atoms with van der Waals surface area (Å²) in [7, 11) is 0. The smallest absolute Gasteiger partial charge is 0.330 e. The van der Waals surface area contributed by atoms with Crippen molar-refractivity contribution in [2.24, 2.45) is 5.92 Å². The van der Waals surface area contributed by atoms with Crippen molar-refractivity contribution in [1.29, 1.82) is 0 Å². The standard InChI is InChI=1S/C25H40O3/c1-18(2)12-10-9-11-15-28-22(26)14-13-19-16-20(24(3,4)5)23(27)21(17-19)25(6,7)8/h13-14,16-18,27H,9-12,15H2,1-8H3. The molecule has 1 aromatic rings. The van der Waals surface area contributed by atoms with E-state index in [0.29, 0.717) is 12.4 Å². The maximum Gasteiger partial charge on any atom is 0.330 e. The fourth-order valence-electron chi connectivity index (χ4n) is 3.11. The third-order valence-electron chi connectivity index (χ3n) is 4.83. The van der Waals surface area contributed by atoms with Crippen LogP contribution in [0.5, 0.6) is 5.75 Å². The molecule has 0 aromatic heterocycles. The number of carbonyl (C=O) groups excluding carboxylic acids is 1. The van der Waals surface area contributed by atoms with Gasteiger partial charge in [-0.25, -0.2) is 4.79 Å². The summed E-state index contributed by atoms with van der Waals surface area (Å²) in [6.07, 6.45) is 7.68. The Kier molecular flexibility index (Phi) is 8.78. The van der Waals surface area contributed by atoms with Gasteiger partial charge in [0, 0.05) is 17.2 Å². The van der Waals surface area contributed by atoms with E-state index < -0.39 is 0 Å². The minimum absolute atomic E-state index is 0.190. The van der Waals surface area contributed by atoms with Crippen molar-refractivity contribution in [3.05, 3.63) is 34.9 Å². The van der Waals surface area contributed by atoms with Crippen LogP contribution >= 0.6 is 0 Å². The van der Waals surface area contributed by atoms with Crippen LogP contribution in [0.25, 0.3) is 6.08 Å². The second-order valence-corrected chi connectivity index (χ2v) is 10.2. The monoisotopic (exact) mass is 388 g/mol. The molecule has 0 bridgehead atoms. The molecule has 1 rings (SSSR count). The zero-order valence-corrected chi connectivity index (χ0v) is 19.2. The van der Waals surface area contributed by atoms with Gasteiger partial charge in [-0.05, 0) is 46.9 Å². The van der Waals surface area contributed by atoms with E-state index in [1.165, 1.54) is 18.9 Å². The van der Waals surface area contributed by atoms with E-state index in [2.05, 4.69) is 55.4 Å². The van der Waals surface area contributed by atoms with E-state index >= 15 is 0 Å². The lowest BCUT2D eigenvalue weighted by atomic mass is 9.78. The van der Waals surface area contributed by atoms with E-state index in [-0.39, 0.29) is 16.8 Å². The molecule has 0 aliphatic heterocycles. The number of aromatic hydroxyl groups is 1. The lowest BCUT2D eigenvalue weighted by molar-refractivity contribution is -0.137. The first-order valence-corrected chi connectivity index (χ1v) is 10.5. The Morgan fingerprint density at radius 1 is 1.00 bits per heavy atom. The predicted molar refractivity (Wildman–Crippen MR) is 119 cm³/mol. The Hall–Kier alpha value is -1.77. The Morgan fingerprint density at radius 3 is 2.00 bits per heavy atom. The topological polar surface area (TPSA) is 46.5 Å². The molecule has 0 atom stereocenters. The average molecular weight is 389 g/mol.